The van der Waals surface area contributed by atoms with Gasteiger partial charge in [-0.2, -0.15) is 23.5 Å². The van der Waals surface area contributed by atoms with Crippen LogP contribution >= 0.6 is 23.5 Å². The average molecular weight is 578 g/mol. The predicted octanol–water partition coefficient (Wildman–Crippen LogP) is 4.68. The first-order valence-electron chi connectivity index (χ1n) is 14.4. The molecule has 1 aromatic heterocycles. The molecule has 40 heavy (non-hydrogen) atoms. The minimum atomic E-state index is -0.862. The van der Waals surface area contributed by atoms with Crippen molar-refractivity contribution in [1.82, 2.24) is 10.3 Å². The Morgan fingerprint density at radius 1 is 0.875 bits per heavy atom. The highest BCUT2D eigenvalue weighted by Crippen LogP contribution is 2.38. The van der Waals surface area contributed by atoms with Gasteiger partial charge in [-0.1, -0.05) is 13.8 Å². The maximum absolute atomic E-state index is 9.74. The van der Waals surface area contributed by atoms with Crippen molar-refractivity contribution in [2.45, 2.75) is 62.3 Å². The molecule has 0 aromatic carbocycles. The maximum Gasteiger partial charge on any atom is 0.0878 e. The van der Waals surface area contributed by atoms with E-state index in [9.17, 15) is 1.37 Å². The van der Waals surface area contributed by atoms with Crippen LogP contribution in [-0.4, -0.2) is 70.4 Å². The fourth-order valence-electron chi connectivity index (χ4n) is 4.89. The van der Waals surface area contributed by atoms with E-state index in [-0.39, 0.29) is 12.2 Å². The van der Waals surface area contributed by atoms with Crippen LogP contribution in [0, 0.1) is 0 Å². The maximum atomic E-state index is 9.74. The average Bonchev–Trinajstić information content (AvgIpc) is 3.75. The lowest BCUT2D eigenvalue weighted by Crippen LogP contribution is -2.50. The standard InChI is InChI=1S/C32H40N4O2S2/c1-20(39-5)18-37-22(3)30-17-32(23(4)38-19-21(2)40-6)16-29-12-11-27(35-29)14-25-8-7-24(33-25)13-26-9-10-28(34-26)15-31(30)36-32/h7-16,20-23,33,36H,17-19H2,1-6H3/b24-13-,25-14-,28-15-,29-16-/i17D. The molecule has 8 heteroatoms. The summed E-state index contributed by atoms with van der Waals surface area (Å²) in [6.45, 7) is 9.62. The molecule has 2 N–H and O–H groups in total. The van der Waals surface area contributed by atoms with E-state index in [0.29, 0.717) is 23.7 Å². The number of aromatic amines is 1. The van der Waals surface area contributed by atoms with E-state index in [1.165, 1.54) is 0 Å². The van der Waals surface area contributed by atoms with Crippen molar-refractivity contribution in [3.05, 3.63) is 82.0 Å². The fourth-order valence-corrected chi connectivity index (χ4v) is 5.32. The molecule has 0 fully saturated rings. The van der Waals surface area contributed by atoms with E-state index in [1.54, 1.807) is 23.5 Å². The van der Waals surface area contributed by atoms with Gasteiger partial charge in [0.1, 0.15) is 0 Å². The molecule has 6 unspecified atom stereocenters. The van der Waals surface area contributed by atoms with Crippen LogP contribution in [-0.2, 0) is 9.47 Å². The van der Waals surface area contributed by atoms with Crippen LogP contribution < -0.4 is 16.0 Å². The van der Waals surface area contributed by atoms with Gasteiger partial charge in [-0.15, -0.1) is 0 Å². The van der Waals surface area contributed by atoms with Crippen molar-refractivity contribution >= 4 is 47.1 Å². The van der Waals surface area contributed by atoms with Crippen LogP contribution in [0.25, 0.3) is 12.2 Å². The second-order valence-corrected chi connectivity index (χ2v) is 13.2. The number of ether oxygens (including phenoxy) is 2. The Balaban J connectivity index is 1.64. The molecule has 0 saturated heterocycles. The van der Waals surface area contributed by atoms with E-state index in [2.05, 4.69) is 49.7 Å². The van der Waals surface area contributed by atoms with Crippen molar-refractivity contribution < 1.29 is 10.8 Å². The number of rotatable bonds is 10. The highest BCUT2D eigenvalue weighted by Gasteiger charge is 2.43. The predicted molar refractivity (Wildman–Crippen MR) is 173 cm³/mol. The van der Waals surface area contributed by atoms with Crippen LogP contribution in [0.5, 0.6) is 0 Å². The molecule has 6 atom stereocenters. The van der Waals surface area contributed by atoms with Crippen LogP contribution in [0.15, 0.2) is 81.2 Å². The van der Waals surface area contributed by atoms with E-state index >= 15 is 0 Å². The summed E-state index contributed by atoms with van der Waals surface area (Å²) in [6, 6.07) is 4.09. The number of aliphatic imine (C=N–C) groups is 2. The molecule has 6 nitrogen and oxygen atoms in total. The Morgan fingerprint density at radius 2 is 1.48 bits per heavy atom. The Hall–Kier alpha value is -2.52. The zero-order chi connectivity index (χ0) is 29.1. The van der Waals surface area contributed by atoms with Gasteiger partial charge in [0.05, 0.1) is 53.8 Å². The number of H-pyrrole nitrogens is 1. The van der Waals surface area contributed by atoms with Gasteiger partial charge in [0.2, 0.25) is 0 Å². The van der Waals surface area contributed by atoms with E-state index in [0.717, 1.165) is 44.8 Å². The first kappa shape index (κ1) is 27.6. The number of hydrogen-bond acceptors (Lipinski definition) is 7. The lowest BCUT2D eigenvalue weighted by Gasteiger charge is -2.35. The quantitative estimate of drug-likeness (QED) is 0.423. The minimum Gasteiger partial charge on any atom is -0.375 e. The van der Waals surface area contributed by atoms with Crippen molar-refractivity contribution in [3.8, 4) is 0 Å². The Morgan fingerprint density at radius 3 is 2.12 bits per heavy atom. The molecule has 0 aliphatic carbocycles. The lowest BCUT2D eigenvalue weighted by atomic mass is 9.86. The van der Waals surface area contributed by atoms with Crippen molar-refractivity contribution in [3.63, 3.8) is 0 Å². The van der Waals surface area contributed by atoms with Crippen LogP contribution in [0.2, 0.25) is 0 Å². The summed E-state index contributed by atoms with van der Waals surface area (Å²) in [5.41, 5.74) is 4.24. The summed E-state index contributed by atoms with van der Waals surface area (Å²) >= 11 is 3.55. The Kier molecular flexibility index (Phi) is 8.68. The first-order chi connectivity index (χ1) is 19.7. The number of allylic oxidation sites excluding steroid dienone is 5. The third kappa shape index (κ3) is 6.68. The second kappa shape index (κ2) is 12.6. The van der Waals surface area contributed by atoms with Gasteiger partial charge in [-0.05, 0) is 92.7 Å². The van der Waals surface area contributed by atoms with E-state index < -0.39 is 11.9 Å². The molecule has 0 spiro atoms. The normalized spacial score (nSPS) is 30.9. The Labute approximate surface area is 247 Å². The Bertz CT molecular complexity index is 1500. The van der Waals surface area contributed by atoms with Gasteiger partial charge >= 0.3 is 0 Å². The SMILES string of the molecule is [2H]C1C(C(C)OCC(C)SC)=C2/C=C3/C=CC(=N3)/C=c3/cc/c([nH]3)=C/C3=NC(=C\C1(C(C)OCC(C)SC)N2)/C=C3. The van der Waals surface area contributed by atoms with Gasteiger partial charge in [0, 0.05) is 34.7 Å². The number of nitrogens with one attached hydrogen (secondary N) is 2. The van der Waals surface area contributed by atoms with Gasteiger partial charge in [0.15, 0.2) is 0 Å². The molecule has 1 aromatic rings. The molecule has 4 aliphatic heterocycles. The molecule has 0 radical (unpaired) electrons. The smallest absolute Gasteiger partial charge is 0.0878 e. The van der Waals surface area contributed by atoms with Gasteiger partial charge in [0.25, 0.3) is 0 Å². The summed E-state index contributed by atoms with van der Waals surface area (Å²) in [7, 11) is 0. The second-order valence-electron chi connectivity index (χ2n) is 10.7. The summed E-state index contributed by atoms with van der Waals surface area (Å²) in [5.74, 6) is 0. The van der Waals surface area contributed by atoms with Gasteiger partial charge in [-0.25, -0.2) is 9.98 Å². The molecule has 5 rings (SSSR count). The number of hydrogen-bond donors (Lipinski definition) is 2. The molecule has 212 valence electrons. The lowest BCUT2D eigenvalue weighted by molar-refractivity contribution is 0.0206. The zero-order valence-corrected chi connectivity index (χ0v) is 25.7. The van der Waals surface area contributed by atoms with Crippen molar-refractivity contribution in [2.75, 3.05) is 25.7 Å². The van der Waals surface area contributed by atoms with Gasteiger partial charge in [-0.3, -0.25) is 0 Å². The third-order valence-corrected chi connectivity index (χ3v) is 9.40. The summed E-state index contributed by atoms with van der Waals surface area (Å²) in [4.78, 5) is 13.2. The van der Waals surface area contributed by atoms with Crippen LogP contribution in [0.1, 0.15) is 35.5 Å². The summed E-state index contributed by atoms with van der Waals surface area (Å²) < 4.78 is 22.6. The number of thioether (sulfide) groups is 2. The molecular formula is C32H40N4O2S2. The highest BCUT2D eigenvalue weighted by atomic mass is 32.2. The molecule has 0 amide bonds. The molecule has 5 heterocycles. The molecule has 4 aliphatic rings. The minimum absolute atomic E-state index is 0.268. The van der Waals surface area contributed by atoms with E-state index in [1.807, 2.05) is 61.6 Å². The summed E-state index contributed by atoms with van der Waals surface area (Å²) in [5, 5.41) is 6.41. The highest BCUT2D eigenvalue weighted by molar-refractivity contribution is 7.99. The topological polar surface area (TPSA) is 71.0 Å². The van der Waals surface area contributed by atoms with Crippen LogP contribution in [0.3, 0.4) is 0 Å². The summed E-state index contributed by atoms with van der Waals surface area (Å²) in [6.07, 6.45) is 19.2. The number of fused-ring (bicyclic) bond motifs is 6. The number of aromatic nitrogens is 1. The molecular weight excluding hydrogens is 537 g/mol. The van der Waals surface area contributed by atoms with Crippen molar-refractivity contribution in [1.29, 1.82) is 0 Å². The first-order valence-corrected chi connectivity index (χ1v) is 16.4. The molecule has 8 bridgehead atoms. The largest absolute Gasteiger partial charge is 0.375 e. The number of nitrogens with zero attached hydrogens (tertiary/aromatic N) is 2. The van der Waals surface area contributed by atoms with Crippen molar-refractivity contribution in [2.24, 2.45) is 9.98 Å². The fraction of sp³-hybridized carbons (Fsp3) is 0.438. The third-order valence-electron chi connectivity index (χ3n) is 7.52. The molecule has 0 saturated carbocycles. The van der Waals surface area contributed by atoms with Crippen LogP contribution in [0.4, 0.5) is 0 Å². The monoisotopic (exact) mass is 577 g/mol. The van der Waals surface area contributed by atoms with Gasteiger partial charge < -0.3 is 19.8 Å². The zero-order valence-electron chi connectivity index (χ0n) is 25.1. The van der Waals surface area contributed by atoms with E-state index in [4.69, 9.17) is 19.5 Å².